The Balaban J connectivity index is 2.43. The van der Waals surface area contributed by atoms with Gasteiger partial charge in [0.1, 0.15) is 0 Å². The van der Waals surface area contributed by atoms with Crippen molar-refractivity contribution >= 4 is 5.96 Å². The van der Waals surface area contributed by atoms with Crippen LogP contribution in [0.4, 0.5) is 0 Å². The summed E-state index contributed by atoms with van der Waals surface area (Å²) < 4.78 is 5.14. The van der Waals surface area contributed by atoms with Gasteiger partial charge in [-0.25, -0.2) is 0 Å². The molecule has 0 aromatic rings. The van der Waals surface area contributed by atoms with Crippen LogP contribution in [0, 0.1) is 0 Å². The summed E-state index contributed by atoms with van der Waals surface area (Å²) in [7, 11) is 1.75. The van der Waals surface area contributed by atoms with Gasteiger partial charge in [-0.3, -0.25) is 9.89 Å². The van der Waals surface area contributed by atoms with E-state index in [1.54, 1.807) is 7.11 Å². The zero-order chi connectivity index (χ0) is 13.4. The Morgan fingerprint density at radius 1 is 1.44 bits per heavy atom. The molecule has 0 spiro atoms. The SMILES string of the molecule is CCN(CC)C(N)=NCC1CCCN1CCOC. The molecule has 5 heteroatoms. The molecule has 0 aromatic heterocycles. The maximum absolute atomic E-state index is 6.00. The maximum atomic E-state index is 6.00. The van der Waals surface area contributed by atoms with Crippen LogP contribution < -0.4 is 5.73 Å². The van der Waals surface area contributed by atoms with Gasteiger partial charge < -0.3 is 15.4 Å². The van der Waals surface area contributed by atoms with Gasteiger partial charge in [0, 0.05) is 32.8 Å². The van der Waals surface area contributed by atoms with Gasteiger partial charge in [-0.1, -0.05) is 0 Å². The van der Waals surface area contributed by atoms with Crippen LogP contribution in [0.25, 0.3) is 0 Å². The van der Waals surface area contributed by atoms with Crippen LogP contribution in [0.15, 0.2) is 4.99 Å². The third kappa shape index (κ3) is 4.46. The van der Waals surface area contributed by atoms with Crippen molar-refractivity contribution < 1.29 is 4.74 Å². The van der Waals surface area contributed by atoms with E-state index >= 15 is 0 Å². The van der Waals surface area contributed by atoms with Gasteiger partial charge in [0.25, 0.3) is 0 Å². The van der Waals surface area contributed by atoms with Crippen molar-refractivity contribution in [3.63, 3.8) is 0 Å². The molecule has 0 aliphatic carbocycles. The summed E-state index contributed by atoms with van der Waals surface area (Å²) in [6.45, 7) is 9.82. The summed E-state index contributed by atoms with van der Waals surface area (Å²) in [6.07, 6.45) is 2.48. The van der Waals surface area contributed by atoms with Gasteiger partial charge in [-0.15, -0.1) is 0 Å². The number of hydrogen-bond acceptors (Lipinski definition) is 3. The summed E-state index contributed by atoms with van der Waals surface area (Å²) in [4.78, 5) is 9.10. The fraction of sp³-hybridized carbons (Fsp3) is 0.923. The van der Waals surface area contributed by atoms with E-state index in [1.807, 2.05) is 0 Å². The number of guanidine groups is 1. The topological polar surface area (TPSA) is 54.1 Å². The summed E-state index contributed by atoms with van der Waals surface area (Å²) in [5.41, 5.74) is 6.00. The molecule has 0 aromatic carbocycles. The second kappa shape index (κ2) is 8.32. The lowest BCUT2D eigenvalue weighted by Gasteiger charge is -2.24. The number of nitrogens with zero attached hydrogens (tertiary/aromatic N) is 3. The fourth-order valence-corrected chi connectivity index (χ4v) is 2.45. The van der Waals surface area contributed by atoms with E-state index in [2.05, 4.69) is 28.6 Å². The minimum Gasteiger partial charge on any atom is -0.383 e. The average Bonchev–Trinajstić information content (AvgIpc) is 2.82. The van der Waals surface area contributed by atoms with Gasteiger partial charge in [0.05, 0.1) is 13.2 Å². The lowest BCUT2D eigenvalue weighted by Crippen LogP contribution is -2.39. The second-order valence-electron chi connectivity index (χ2n) is 4.70. The van der Waals surface area contributed by atoms with Crippen molar-refractivity contribution in [2.45, 2.75) is 32.7 Å². The first-order valence-corrected chi connectivity index (χ1v) is 7.00. The van der Waals surface area contributed by atoms with Crippen molar-refractivity contribution in [2.75, 3.05) is 46.4 Å². The molecular weight excluding hydrogens is 228 g/mol. The zero-order valence-corrected chi connectivity index (χ0v) is 12.1. The van der Waals surface area contributed by atoms with Crippen molar-refractivity contribution in [3.05, 3.63) is 0 Å². The Bertz CT molecular complexity index is 253. The smallest absolute Gasteiger partial charge is 0.191 e. The molecule has 1 aliphatic rings. The van der Waals surface area contributed by atoms with Gasteiger partial charge in [-0.05, 0) is 33.2 Å². The molecule has 1 heterocycles. The number of rotatable bonds is 7. The largest absolute Gasteiger partial charge is 0.383 e. The van der Waals surface area contributed by atoms with Crippen LogP contribution >= 0.6 is 0 Å². The molecule has 5 nitrogen and oxygen atoms in total. The minimum absolute atomic E-state index is 0.536. The van der Waals surface area contributed by atoms with Crippen LogP contribution in [-0.4, -0.2) is 68.2 Å². The molecule has 18 heavy (non-hydrogen) atoms. The number of likely N-dealkylation sites (tertiary alicyclic amines) is 1. The van der Waals surface area contributed by atoms with E-state index in [-0.39, 0.29) is 0 Å². The van der Waals surface area contributed by atoms with Crippen LogP contribution in [0.2, 0.25) is 0 Å². The Hall–Kier alpha value is -0.810. The molecule has 106 valence electrons. The predicted octanol–water partition coefficient (Wildman–Crippen LogP) is 0.754. The molecule has 1 rings (SSSR count). The highest BCUT2D eigenvalue weighted by Crippen LogP contribution is 2.16. The lowest BCUT2D eigenvalue weighted by molar-refractivity contribution is 0.142. The molecule has 1 atom stereocenters. The van der Waals surface area contributed by atoms with Crippen LogP contribution in [0.3, 0.4) is 0 Å². The molecule has 1 aliphatic heterocycles. The normalized spacial score (nSPS) is 21.5. The monoisotopic (exact) mass is 256 g/mol. The van der Waals surface area contributed by atoms with E-state index < -0.39 is 0 Å². The first kappa shape index (κ1) is 15.2. The predicted molar refractivity (Wildman–Crippen MR) is 75.9 cm³/mol. The first-order valence-electron chi connectivity index (χ1n) is 7.00. The summed E-state index contributed by atoms with van der Waals surface area (Å²) >= 11 is 0. The van der Waals surface area contributed by atoms with Gasteiger partial charge in [-0.2, -0.15) is 0 Å². The van der Waals surface area contributed by atoms with E-state index in [0.29, 0.717) is 12.0 Å². The van der Waals surface area contributed by atoms with Crippen molar-refractivity contribution in [1.82, 2.24) is 9.80 Å². The highest BCUT2D eigenvalue weighted by molar-refractivity contribution is 5.78. The Morgan fingerprint density at radius 2 is 2.17 bits per heavy atom. The second-order valence-corrected chi connectivity index (χ2v) is 4.70. The van der Waals surface area contributed by atoms with E-state index in [9.17, 15) is 0 Å². The van der Waals surface area contributed by atoms with E-state index in [0.717, 1.165) is 39.3 Å². The first-order chi connectivity index (χ1) is 8.72. The number of hydrogen-bond donors (Lipinski definition) is 1. The standard InChI is InChI=1S/C13H28N4O/c1-4-16(5-2)13(14)15-11-12-7-6-8-17(12)9-10-18-3/h12H,4-11H2,1-3H3,(H2,14,15). The number of aliphatic imine (C=N–C) groups is 1. The number of nitrogens with two attached hydrogens (primary N) is 1. The molecule has 0 bridgehead atoms. The summed E-state index contributed by atoms with van der Waals surface area (Å²) in [5.74, 6) is 0.679. The van der Waals surface area contributed by atoms with Crippen molar-refractivity contribution in [2.24, 2.45) is 10.7 Å². The maximum Gasteiger partial charge on any atom is 0.191 e. The molecule has 0 saturated carbocycles. The molecule has 1 fully saturated rings. The molecule has 1 unspecified atom stereocenters. The fourth-order valence-electron chi connectivity index (χ4n) is 2.45. The number of ether oxygens (including phenoxy) is 1. The Labute approximate surface area is 111 Å². The van der Waals surface area contributed by atoms with Crippen LogP contribution in [-0.2, 0) is 4.74 Å². The van der Waals surface area contributed by atoms with E-state index in [4.69, 9.17) is 10.5 Å². The van der Waals surface area contributed by atoms with Gasteiger partial charge in [0.2, 0.25) is 0 Å². The van der Waals surface area contributed by atoms with Crippen LogP contribution in [0.1, 0.15) is 26.7 Å². The lowest BCUT2D eigenvalue weighted by atomic mass is 10.2. The third-order valence-corrected chi connectivity index (χ3v) is 3.63. The van der Waals surface area contributed by atoms with Crippen molar-refractivity contribution in [3.8, 4) is 0 Å². The van der Waals surface area contributed by atoms with Gasteiger partial charge >= 0.3 is 0 Å². The molecule has 0 amide bonds. The molecule has 0 radical (unpaired) electrons. The highest BCUT2D eigenvalue weighted by atomic mass is 16.5. The van der Waals surface area contributed by atoms with Crippen LogP contribution in [0.5, 0.6) is 0 Å². The average molecular weight is 256 g/mol. The quantitative estimate of drug-likeness (QED) is 0.539. The van der Waals surface area contributed by atoms with Gasteiger partial charge in [0.15, 0.2) is 5.96 Å². The van der Waals surface area contributed by atoms with Crippen molar-refractivity contribution in [1.29, 1.82) is 0 Å². The molecular formula is C13H28N4O. The highest BCUT2D eigenvalue weighted by Gasteiger charge is 2.23. The zero-order valence-electron chi connectivity index (χ0n) is 12.1. The third-order valence-electron chi connectivity index (χ3n) is 3.63. The Kier molecular flexibility index (Phi) is 7.05. The molecule has 1 saturated heterocycles. The molecule has 2 N–H and O–H groups in total. The summed E-state index contributed by atoms with van der Waals surface area (Å²) in [6, 6.07) is 0.536. The summed E-state index contributed by atoms with van der Waals surface area (Å²) in [5, 5.41) is 0. The minimum atomic E-state index is 0.536. The van der Waals surface area contributed by atoms with E-state index in [1.165, 1.54) is 12.8 Å². The Morgan fingerprint density at radius 3 is 2.78 bits per heavy atom. The number of methoxy groups -OCH3 is 1.